The highest BCUT2D eigenvalue weighted by atomic mass is 32.2. The van der Waals surface area contributed by atoms with Gasteiger partial charge in [0.15, 0.2) is 5.75 Å². The second kappa shape index (κ2) is 12.7. The molecule has 0 bridgehead atoms. The average molecular weight is 558 g/mol. The molecule has 0 unspecified atom stereocenters. The number of aliphatic hydroxyl groups is 1. The number of para-hydroxylation sites is 1. The number of ether oxygens (including phenoxy) is 1. The molecule has 4 rings (SSSR count). The Hall–Kier alpha value is -2.62. The third kappa shape index (κ3) is 7.13. The van der Waals surface area contributed by atoms with Gasteiger partial charge in [-0.1, -0.05) is 49.9 Å². The lowest BCUT2D eigenvalue weighted by atomic mass is 9.89. The van der Waals surface area contributed by atoms with Gasteiger partial charge in [0, 0.05) is 25.6 Å². The number of amides is 1. The summed E-state index contributed by atoms with van der Waals surface area (Å²) in [6.07, 6.45) is 6.08. The summed E-state index contributed by atoms with van der Waals surface area (Å²) in [6.45, 7) is 7.66. The molecule has 2 aromatic rings. The summed E-state index contributed by atoms with van der Waals surface area (Å²) < 4.78 is 35.9. The molecule has 9 heteroatoms. The van der Waals surface area contributed by atoms with Crippen LogP contribution in [0.25, 0.3) is 0 Å². The number of anilines is 1. The van der Waals surface area contributed by atoms with Crippen LogP contribution in [-0.4, -0.2) is 74.7 Å². The molecular weight excluding hydrogens is 514 g/mol. The number of rotatable bonds is 9. The van der Waals surface area contributed by atoms with E-state index in [-0.39, 0.29) is 52.5 Å². The number of nitrogens with one attached hydrogen (secondary N) is 1. The summed E-state index contributed by atoms with van der Waals surface area (Å²) in [4.78, 5) is 17.8. The minimum atomic E-state index is -3.92. The second-order valence-corrected chi connectivity index (χ2v) is 13.1. The molecule has 8 nitrogen and oxygen atoms in total. The first-order valence-electron chi connectivity index (χ1n) is 14.1. The van der Waals surface area contributed by atoms with Crippen LogP contribution in [0.2, 0.25) is 0 Å². The molecule has 0 radical (unpaired) electrons. The molecule has 0 saturated heterocycles. The minimum absolute atomic E-state index is 0.0494. The zero-order valence-corrected chi connectivity index (χ0v) is 24.4. The van der Waals surface area contributed by atoms with Crippen LogP contribution in [0.1, 0.15) is 61.9 Å². The van der Waals surface area contributed by atoms with E-state index in [1.807, 2.05) is 20.8 Å². The molecule has 1 amide bonds. The lowest BCUT2D eigenvalue weighted by Crippen LogP contribution is -2.50. The molecule has 1 heterocycles. The van der Waals surface area contributed by atoms with E-state index in [1.165, 1.54) is 32.1 Å². The van der Waals surface area contributed by atoms with Crippen molar-refractivity contribution >= 4 is 21.6 Å². The Bertz CT molecular complexity index is 1230. The molecule has 39 heavy (non-hydrogen) atoms. The number of carbonyl (C=O) groups is 1. The predicted molar refractivity (Wildman–Crippen MR) is 154 cm³/mol. The first-order chi connectivity index (χ1) is 18.6. The molecule has 1 aliphatic carbocycles. The summed E-state index contributed by atoms with van der Waals surface area (Å²) >= 11 is 0. The summed E-state index contributed by atoms with van der Waals surface area (Å²) in [6, 6.07) is 11.2. The van der Waals surface area contributed by atoms with E-state index >= 15 is 0 Å². The minimum Gasteiger partial charge on any atom is -0.486 e. The zero-order valence-electron chi connectivity index (χ0n) is 23.6. The highest BCUT2D eigenvalue weighted by Crippen LogP contribution is 2.36. The first-order valence-corrected chi connectivity index (χ1v) is 15.6. The third-order valence-electron chi connectivity index (χ3n) is 8.05. The quantitative estimate of drug-likeness (QED) is 0.470. The molecule has 2 aliphatic rings. The molecule has 1 aliphatic heterocycles. The fourth-order valence-corrected chi connectivity index (χ4v) is 6.72. The molecule has 0 spiro atoms. The van der Waals surface area contributed by atoms with Crippen LogP contribution in [0.4, 0.5) is 5.69 Å². The van der Waals surface area contributed by atoms with Crippen molar-refractivity contribution in [2.24, 2.45) is 11.8 Å². The van der Waals surface area contributed by atoms with Crippen molar-refractivity contribution in [3.63, 3.8) is 0 Å². The normalized spacial score (nSPS) is 21.6. The molecule has 1 saturated carbocycles. The van der Waals surface area contributed by atoms with Crippen LogP contribution < -0.4 is 9.46 Å². The van der Waals surface area contributed by atoms with E-state index < -0.39 is 10.0 Å². The Kier molecular flexibility index (Phi) is 9.56. The number of aryl methyl sites for hydroxylation is 1. The summed E-state index contributed by atoms with van der Waals surface area (Å²) in [7, 11) is -1.81. The van der Waals surface area contributed by atoms with Crippen LogP contribution in [-0.2, 0) is 10.0 Å². The van der Waals surface area contributed by atoms with Gasteiger partial charge in [-0.05, 0) is 63.9 Å². The molecule has 3 atom stereocenters. The Labute approximate surface area is 233 Å². The SMILES string of the molecule is Cc1ccc(S(=O)(=O)Nc2cccc3c2O[C@@H](CN(C)CC2CCCCC2)[C@@H](C)CN([C@H](C)CO)C3=O)cc1. The number of aliphatic hydroxyl groups excluding tert-OH is 1. The summed E-state index contributed by atoms with van der Waals surface area (Å²) in [5.74, 6) is 0.565. The van der Waals surface area contributed by atoms with Crippen LogP contribution in [0.15, 0.2) is 47.4 Å². The van der Waals surface area contributed by atoms with Gasteiger partial charge in [-0.3, -0.25) is 9.52 Å². The zero-order chi connectivity index (χ0) is 28.2. The second-order valence-electron chi connectivity index (χ2n) is 11.4. The third-order valence-corrected chi connectivity index (χ3v) is 9.43. The van der Waals surface area contributed by atoms with Gasteiger partial charge in [0.05, 0.1) is 28.8 Å². The average Bonchev–Trinajstić information content (AvgIpc) is 2.91. The topological polar surface area (TPSA) is 99.2 Å². The van der Waals surface area contributed by atoms with E-state index in [0.29, 0.717) is 19.0 Å². The van der Waals surface area contributed by atoms with Gasteiger partial charge < -0.3 is 19.6 Å². The number of hydrogen-bond donors (Lipinski definition) is 2. The van der Waals surface area contributed by atoms with Gasteiger partial charge in [0.1, 0.15) is 6.10 Å². The van der Waals surface area contributed by atoms with Crippen LogP contribution in [0.5, 0.6) is 5.75 Å². The Morgan fingerprint density at radius 1 is 1.10 bits per heavy atom. The van der Waals surface area contributed by atoms with Crippen molar-refractivity contribution in [2.45, 2.75) is 69.9 Å². The monoisotopic (exact) mass is 557 g/mol. The first kappa shape index (κ1) is 29.4. The Balaban J connectivity index is 1.68. The van der Waals surface area contributed by atoms with E-state index in [1.54, 1.807) is 47.4 Å². The largest absolute Gasteiger partial charge is 0.486 e. The van der Waals surface area contributed by atoms with Crippen molar-refractivity contribution in [3.05, 3.63) is 53.6 Å². The number of likely N-dealkylation sites (N-methyl/N-ethyl adjacent to an activating group) is 1. The number of fused-ring (bicyclic) bond motifs is 1. The Morgan fingerprint density at radius 2 is 1.79 bits per heavy atom. The van der Waals surface area contributed by atoms with Crippen molar-refractivity contribution in [1.29, 1.82) is 0 Å². The maximum absolute atomic E-state index is 13.7. The number of sulfonamides is 1. The standard InChI is InChI=1S/C30H43N3O5S/c1-21-13-15-25(16-14-21)39(36,37)31-27-12-8-11-26-29(27)38-28(19-32(4)18-24-9-6-5-7-10-24)22(2)17-33(30(26)35)23(3)20-34/h8,11-16,22-24,28,31,34H,5-7,9-10,17-20H2,1-4H3/t22-,23+,28-/m0/s1. The number of benzene rings is 2. The van der Waals surface area contributed by atoms with Crippen LogP contribution in [0.3, 0.4) is 0 Å². The van der Waals surface area contributed by atoms with Gasteiger partial charge in [-0.2, -0.15) is 0 Å². The number of hydrogen-bond acceptors (Lipinski definition) is 6. The van der Waals surface area contributed by atoms with Crippen LogP contribution in [0, 0.1) is 18.8 Å². The van der Waals surface area contributed by atoms with Crippen LogP contribution >= 0.6 is 0 Å². The fourth-order valence-electron chi connectivity index (χ4n) is 5.65. The molecule has 214 valence electrons. The fraction of sp³-hybridized carbons (Fsp3) is 0.567. The van der Waals surface area contributed by atoms with Gasteiger partial charge in [0.2, 0.25) is 0 Å². The molecular formula is C30H43N3O5S. The molecule has 0 aromatic heterocycles. The number of nitrogens with zero attached hydrogens (tertiary/aromatic N) is 2. The highest BCUT2D eigenvalue weighted by Gasteiger charge is 2.35. The lowest BCUT2D eigenvalue weighted by molar-refractivity contribution is 0.0333. The smallest absolute Gasteiger partial charge is 0.262 e. The maximum atomic E-state index is 13.7. The van der Waals surface area contributed by atoms with Gasteiger partial charge in [-0.15, -0.1) is 0 Å². The van der Waals surface area contributed by atoms with Gasteiger partial charge in [-0.25, -0.2) is 8.42 Å². The van der Waals surface area contributed by atoms with E-state index in [9.17, 15) is 18.3 Å². The maximum Gasteiger partial charge on any atom is 0.262 e. The Morgan fingerprint density at radius 3 is 2.46 bits per heavy atom. The molecule has 2 N–H and O–H groups in total. The van der Waals surface area contributed by atoms with Gasteiger partial charge >= 0.3 is 0 Å². The highest BCUT2D eigenvalue weighted by molar-refractivity contribution is 7.92. The van der Waals surface area contributed by atoms with E-state index in [2.05, 4.69) is 16.7 Å². The summed E-state index contributed by atoms with van der Waals surface area (Å²) in [5.41, 5.74) is 1.47. The van der Waals surface area contributed by atoms with Crippen molar-refractivity contribution < 1.29 is 23.1 Å². The predicted octanol–water partition coefficient (Wildman–Crippen LogP) is 4.53. The van der Waals surface area contributed by atoms with E-state index in [0.717, 1.165) is 12.1 Å². The van der Waals surface area contributed by atoms with Crippen molar-refractivity contribution in [3.8, 4) is 5.75 Å². The van der Waals surface area contributed by atoms with E-state index in [4.69, 9.17) is 4.74 Å². The number of carbonyl (C=O) groups excluding carboxylic acids is 1. The van der Waals surface area contributed by atoms with Crippen molar-refractivity contribution in [1.82, 2.24) is 9.80 Å². The van der Waals surface area contributed by atoms with Crippen molar-refractivity contribution in [2.75, 3.05) is 38.0 Å². The lowest BCUT2D eigenvalue weighted by Gasteiger charge is -2.39. The van der Waals surface area contributed by atoms with Gasteiger partial charge in [0.25, 0.3) is 15.9 Å². The summed E-state index contributed by atoms with van der Waals surface area (Å²) in [5, 5.41) is 9.92. The molecule has 1 fully saturated rings. The molecule has 2 aromatic carbocycles.